The second-order valence-electron chi connectivity index (χ2n) is 8.39. The van der Waals surface area contributed by atoms with Crippen LogP contribution in [-0.2, 0) is 17.2 Å². The molecule has 0 bridgehead atoms. The molecule has 5 rings (SSSR count). The lowest BCUT2D eigenvalue weighted by molar-refractivity contribution is 0.355. The van der Waals surface area contributed by atoms with Crippen LogP contribution in [0, 0.1) is 13.5 Å². The number of rotatable bonds is 4. The van der Waals surface area contributed by atoms with Crippen LogP contribution in [0.25, 0.3) is 10.5 Å². The molecular formula is C22H23N7OS. The van der Waals surface area contributed by atoms with Gasteiger partial charge >= 0.3 is 0 Å². The van der Waals surface area contributed by atoms with Crippen LogP contribution in [0.15, 0.2) is 35.6 Å². The molecule has 2 aromatic heterocycles. The molecule has 1 aliphatic heterocycles. The third-order valence-corrected chi connectivity index (χ3v) is 8.14. The highest BCUT2D eigenvalue weighted by Gasteiger charge is 2.51. The molecule has 9 heteroatoms. The van der Waals surface area contributed by atoms with Crippen molar-refractivity contribution in [3.05, 3.63) is 53.5 Å². The molecular weight excluding hydrogens is 410 g/mol. The Bertz CT molecular complexity index is 1250. The fourth-order valence-corrected chi connectivity index (χ4v) is 6.35. The van der Waals surface area contributed by atoms with Crippen LogP contribution in [0.3, 0.4) is 0 Å². The van der Waals surface area contributed by atoms with Crippen molar-refractivity contribution in [3.8, 4) is 5.69 Å². The van der Waals surface area contributed by atoms with Crippen LogP contribution in [-0.4, -0.2) is 42.6 Å². The largest absolute Gasteiger partial charge is 0.362 e. The minimum Gasteiger partial charge on any atom is -0.362 e. The molecule has 31 heavy (non-hydrogen) atoms. The predicted octanol–water partition coefficient (Wildman–Crippen LogP) is 3.92. The zero-order chi connectivity index (χ0) is 21.8. The summed E-state index contributed by atoms with van der Waals surface area (Å²) >= 11 is 0. The van der Waals surface area contributed by atoms with Gasteiger partial charge in [0, 0.05) is 32.4 Å². The Morgan fingerprint density at radius 1 is 1.29 bits per heavy atom. The zero-order valence-corrected chi connectivity index (χ0v) is 18.5. The standard InChI is InChI=1S/C22H23N7OS/c1-14-12-29(13-24-14)18-7-6-15(10-16(18)23-2)25-21-26-17-11-22(8-5-9-22)31(30)19(17)20(27-21)28(3)4/h6-7,10,12-13H,5,8-9,11H2,1,3-4H3,(H,25,26,27). The van der Waals surface area contributed by atoms with E-state index < -0.39 is 10.8 Å². The smallest absolute Gasteiger partial charge is 0.229 e. The second-order valence-corrected chi connectivity index (χ2v) is 10.2. The van der Waals surface area contributed by atoms with Crippen molar-refractivity contribution < 1.29 is 4.21 Å². The normalized spacial score (nSPS) is 18.3. The number of aromatic nitrogens is 4. The van der Waals surface area contributed by atoms with E-state index in [9.17, 15) is 4.21 Å². The number of aryl methyl sites for hydroxylation is 1. The molecule has 1 fully saturated rings. The summed E-state index contributed by atoms with van der Waals surface area (Å²) in [6, 6.07) is 5.57. The highest BCUT2D eigenvalue weighted by atomic mass is 32.2. The van der Waals surface area contributed by atoms with Crippen LogP contribution < -0.4 is 10.2 Å². The maximum Gasteiger partial charge on any atom is 0.229 e. The molecule has 1 N–H and O–H groups in total. The van der Waals surface area contributed by atoms with Crippen LogP contribution in [0.5, 0.6) is 0 Å². The van der Waals surface area contributed by atoms with Gasteiger partial charge in [-0.25, -0.2) is 14.8 Å². The first-order chi connectivity index (χ1) is 14.9. The van der Waals surface area contributed by atoms with Crippen molar-refractivity contribution >= 4 is 33.9 Å². The summed E-state index contributed by atoms with van der Waals surface area (Å²) in [6.45, 7) is 9.51. The second kappa shape index (κ2) is 7.17. The van der Waals surface area contributed by atoms with E-state index in [1.54, 1.807) is 12.4 Å². The fraction of sp³-hybridized carbons (Fsp3) is 0.364. The van der Waals surface area contributed by atoms with Crippen molar-refractivity contribution in [3.63, 3.8) is 0 Å². The lowest BCUT2D eigenvalue weighted by Crippen LogP contribution is -2.39. The summed E-state index contributed by atoms with van der Waals surface area (Å²) in [5.41, 5.74) is 3.77. The summed E-state index contributed by atoms with van der Waals surface area (Å²) < 4.78 is 14.9. The van der Waals surface area contributed by atoms with Crippen molar-refractivity contribution in [2.45, 2.75) is 42.2 Å². The maximum absolute atomic E-state index is 13.2. The first-order valence-electron chi connectivity index (χ1n) is 10.2. The Labute approximate surface area is 183 Å². The van der Waals surface area contributed by atoms with Gasteiger partial charge in [-0.05, 0) is 38.0 Å². The summed E-state index contributed by atoms with van der Waals surface area (Å²) in [5, 5.41) is 3.25. The van der Waals surface area contributed by atoms with E-state index in [2.05, 4.69) is 20.1 Å². The highest BCUT2D eigenvalue weighted by molar-refractivity contribution is 7.87. The van der Waals surface area contributed by atoms with Crippen LogP contribution in [0.4, 0.5) is 23.1 Å². The quantitative estimate of drug-likeness (QED) is 0.628. The Morgan fingerprint density at radius 3 is 2.71 bits per heavy atom. The van der Waals surface area contributed by atoms with E-state index in [1.165, 1.54) is 0 Å². The van der Waals surface area contributed by atoms with Crippen LogP contribution in [0.1, 0.15) is 30.7 Å². The third-order valence-electron chi connectivity index (χ3n) is 6.02. The van der Waals surface area contributed by atoms with Gasteiger partial charge in [-0.3, -0.25) is 4.21 Å². The molecule has 0 saturated heterocycles. The van der Waals surface area contributed by atoms with Gasteiger partial charge < -0.3 is 14.8 Å². The number of fused-ring (bicyclic) bond motifs is 1. The zero-order valence-electron chi connectivity index (χ0n) is 17.7. The van der Waals surface area contributed by atoms with Crippen molar-refractivity contribution in [1.82, 2.24) is 19.5 Å². The molecule has 158 valence electrons. The molecule has 1 atom stereocenters. The predicted molar refractivity (Wildman–Crippen MR) is 121 cm³/mol. The van der Waals surface area contributed by atoms with E-state index in [1.807, 2.05) is 48.8 Å². The summed E-state index contributed by atoms with van der Waals surface area (Å²) in [5.74, 6) is 1.16. The van der Waals surface area contributed by atoms with Gasteiger partial charge in [-0.15, -0.1) is 0 Å². The molecule has 8 nitrogen and oxygen atoms in total. The molecule has 1 aromatic carbocycles. The lowest BCUT2D eigenvalue weighted by atomic mass is 9.81. The van der Waals surface area contributed by atoms with Gasteiger partial charge in [-0.2, -0.15) is 4.98 Å². The number of imidazole rings is 1. The minimum absolute atomic E-state index is 0.151. The average molecular weight is 434 g/mol. The number of benzene rings is 1. The molecule has 1 saturated carbocycles. The van der Waals surface area contributed by atoms with E-state index in [0.29, 0.717) is 17.5 Å². The van der Waals surface area contributed by atoms with Crippen molar-refractivity contribution in [2.75, 3.05) is 24.3 Å². The number of anilines is 3. The molecule has 0 radical (unpaired) electrons. The molecule has 1 aliphatic carbocycles. The number of nitrogens with zero attached hydrogens (tertiary/aromatic N) is 6. The average Bonchev–Trinajstić information content (AvgIpc) is 3.28. The van der Waals surface area contributed by atoms with Crippen molar-refractivity contribution in [1.29, 1.82) is 0 Å². The first-order valence-corrected chi connectivity index (χ1v) is 11.3. The van der Waals surface area contributed by atoms with Gasteiger partial charge in [0.15, 0.2) is 0 Å². The molecule has 1 spiro atoms. The molecule has 1 unspecified atom stereocenters. The number of hydrogen-bond donors (Lipinski definition) is 1. The first kappa shape index (κ1) is 19.7. The van der Waals surface area contributed by atoms with E-state index in [-0.39, 0.29) is 4.75 Å². The molecule has 3 aromatic rings. The fourth-order valence-electron chi connectivity index (χ4n) is 4.26. The molecule has 3 heterocycles. The Kier molecular flexibility index (Phi) is 4.55. The summed E-state index contributed by atoms with van der Waals surface area (Å²) in [7, 11) is 2.75. The van der Waals surface area contributed by atoms with Crippen LogP contribution in [0.2, 0.25) is 0 Å². The van der Waals surface area contributed by atoms with E-state index in [4.69, 9.17) is 11.6 Å². The maximum atomic E-state index is 13.2. The van der Waals surface area contributed by atoms with E-state index in [0.717, 1.165) is 53.3 Å². The lowest BCUT2D eigenvalue weighted by Gasteiger charge is -2.36. The minimum atomic E-state index is -1.07. The summed E-state index contributed by atoms with van der Waals surface area (Å²) in [4.78, 5) is 20.0. The van der Waals surface area contributed by atoms with Gasteiger partial charge in [-0.1, -0.05) is 6.42 Å². The molecule has 2 aliphatic rings. The summed E-state index contributed by atoms with van der Waals surface area (Å²) in [6.07, 6.45) is 7.41. The Hall–Kier alpha value is -3.25. The van der Waals surface area contributed by atoms with Gasteiger partial charge in [0.1, 0.15) is 10.7 Å². The van der Waals surface area contributed by atoms with Gasteiger partial charge in [0.05, 0.1) is 45.5 Å². The highest BCUT2D eigenvalue weighted by Crippen LogP contribution is 2.50. The van der Waals surface area contributed by atoms with Gasteiger partial charge in [0.25, 0.3) is 0 Å². The SMILES string of the molecule is [C-]#[N+]c1cc(Nc2nc3c(c(N(C)C)n2)S(=O)C2(CCC2)C3)ccc1-n1cnc(C)c1. The Morgan fingerprint density at radius 2 is 2.10 bits per heavy atom. The molecule has 0 amide bonds. The monoisotopic (exact) mass is 433 g/mol. The van der Waals surface area contributed by atoms with Gasteiger partial charge in [0.2, 0.25) is 11.6 Å². The van der Waals surface area contributed by atoms with Crippen molar-refractivity contribution in [2.24, 2.45) is 0 Å². The Balaban J connectivity index is 1.50. The van der Waals surface area contributed by atoms with E-state index >= 15 is 0 Å². The third kappa shape index (κ3) is 3.18. The van der Waals surface area contributed by atoms with Crippen LogP contribution >= 0.6 is 0 Å². The number of nitrogens with one attached hydrogen (secondary N) is 1. The number of hydrogen-bond acceptors (Lipinski definition) is 6. The topological polar surface area (TPSA) is 80.3 Å².